The van der Waals surface area contributed by atoms with Gasteiger partial charge in [-0.05, 0) is 38.3 Å². The Kier molecular flexibility index (Phi) is 6.11. The number of carbonyl (C=O) groups excluding carboxylic acids is 2. The number of hydrogen-bond acceptors (Lipinski definition) is 6. The van der Waals surface area contributed by atoms with Crippen LogP contribution >= 0.6 is 0 Å². The number of aryl methyl sites for hydroxylation is 1. The third-order valence-electron chi connectivity index (χ3n) is 6.83. The van der Waals surface area contributed by atoms with E-state index in [9.17, 15) is 36.7 Å². The van der Waals surface area contributed by atoms with Crippen LogP contribution in [0.15, 0.2) is 29.2 Å². The highest BCUT2D eigenvalue weighted by molar-refractivity contribution is 7.90. The number of sulfone groups is 1. The van der Waals surface area contributed by atoms with Crippen LogP contribution in [0.2, 0.25) is 0 Å². The van der Waals surface area contributed by atoms with Gasteiger partial charge in [-0.15, -0.1) is 0 Å². The Morgan fingerprint density at radius 2 is 1.94 bits per heavy atom. The molecule has 0 bridgehead atoms. The molecule has 188 valence electrons. The number of hydrogen-bond donors (Lipinski definition) is 1. The molecule has 1 fully saturated rings. The van der Waals surface area contributed by atoms with Gasteiger partial charge in [-0.1, -0.05) is 6.07 Å². The van der Waals surface area contributed by atoms with E-state index in [0.29, 0.717) is 12.5 Å². The molecule has 1 aromatic heterocycles. The van der Waals surface area contributed by atoms with Crippen molar-refractivity contribution >= 4 is 21.5 Å². The highest BCUT2D eigenvalue weighted by Crippen LogP contribution is 2.54. The van der Waals surface area contributed by atoms with E-state index in [1.807, 2.05) is 0 Å². The summed E-state index contributed by atoms with van der Waals surface area (Å²) in [5.74, 6) is -4.23. The van der Waals surface area contributed by atoms with Gasteiger partial charge in [-0.3, -0.25) is 14.4 Å². The Hall–Kier alpha value is -3.08. The van der Waals surface area contributed by atoms with Gasteiger partial charge in [0.15, 0.2) is 17.2 Å². The Morgan fingerprint density at radius 1 is 1.26 bits per heavy atom. The lowest BCUT2D eigenvalue weighted by molar-refractivity contribution is 0.0566. The van der Waals surface area contributed by atoms with Crippen LogP contribution in [0.4, 0.5) is 8.78 Å². The van der Waals surface area contributed by atoms with Crippen molar-refractivity contribution in [2.45, 2.75) is 44.7 Å². The van der Waals surface area contributed by atoms with E-state index in [1.165, 1.54) is 21.7 Å². The molecule has 1 aromatic carbocycles. The van der Waals surface area contributed by atoms with Crippen LogP contribution in [-0.4, -0.2) is 59.3 Å². The maximum atomic E-state index is 14.0. The van der Waals surface area contributed by atoms with Crippen LogP contribution in [0.3, 0.4) is 0 Å². The number of carbonyl (C=O) groups is 2. The lowest BCUT2D eigenvalue weighted by atomic mass is 9.99. The average Bonchev–Trinajstić information content (AvgIpc) is 3.42. The predicted molar refractivity (Wildman–Crippen MR) is 123 cm³/mol. The Morgan fingerprint density at radius 3 is 2.54 bits per heavy atom. The van der Waals surface area contributed by atoms with Crippen molar-refractivity contribution in [1.29, 1.82) is 0 Å². The lowest BCUT2D eigenvalue weighted by Gasteiger charge is -2.40. The number of halogens is 2. The summed E-state index contributed by atoms with van der Waals surface area (Å²) in [6.45, 7) is 3.72. The van der Waals surface area contributed by atoms with Crippen LogP contribution in [0.1, 0.15) is 53.1 Å². The summed E-state index contributed by atoms with van der Waals surface area (Å²) in [5.41, 5.74) is -2.44. The summed E-state index contributed by atoms with van der Waals surface area (Å²) in [4.78, 5) is 40.4. The molecule has 1 spiro atoms. The monoisotopic (exact) mass is 508 g/mol. The van der Waals surface area contributed by atoms with Gasteiger partial charge >= 0.3 is 0 Å². The molecule has 0 radical (unpaired) electrons. The van der Waals surface area contributed by atoms with Gasteiger partial charge in [0.1, 0.15) is 21.5 Å². The number of aromatic nitrogens is 1. The number of nitrogens with zero attached hydrogens (tertiary/aromatic N) is 2. The minimum Gasteiger partial charge on any atom is -0.503 e. The molecule has 2 aromatic rings. The van der Waals surface area contributed by atoms with Gasteiger partial charge < -0.3 is 14.6 Å². The lowest BCUT2D eigenvalue weighted by Crippen LogP contribution is -2.52. The molecular weight excluding hydrogens is 482 g/mol. The van der Waals surface area contributed by atoms with E-state index >= 15 is 0 Å². The van der Waals surface area contributed by atoms with Crippen molar-refractivity contribution in [1.82, 2.24) is 9.47 Å². The predicted octanol–water partition coefficient (Wildman–Crippen LogP) is 2.27. The van der Waals surface area contributed by atoms with Gasteiger partial charge in [-0.25, -0.2) is 17.2 Å². The number of aromatic hydroxyl groups is 1. The molecule has 1 aliphatic heterocycles. The second-order valence-corrected chi connectivity index (χ2v) is 11.9. The molecule has 1 amide bonds. The fourth-order valence-electron chi connectivity index (χ4n) is 4.89. The number of ketones is 1. The quantitative estimate of drug-likeness (QED) is 0.574. The third-order valence-corrected chi connectivity index (χ3v) is 7.84. The van der Waals surface area contributed by atoms with Gasteiger partial charge in [0, 0.05) is 43.4 Å². The number of rotatable bonds is 7. The summed E-state index contributed by atoms with van der Waals surface area (Å²) in [5, 5.41) is 10.7. The molecule has 2 heterocycles. The zero-order valence-corrected chi connectivity index (χ0v) is 20.4. The average molecular weight is 509 g/mol. The second kappa shape index (κ2) is 8.54. The van der Waals surface area contributed by atoms with Crippen LogP contribution in [-0.2, 0) is 21.8 Å². The van der Waals surface area contributed by atoms with Crippen molar-refractivity contribution in [3.63, 3.8) is 0 Å². The molecule has 11 heteroatoms. The molecular formula is C24H26F2N2O6S. The smallest absolute Gasteiger partial charge is 0.274 e. The number of Topliss-reactive ketones (excluding diaryl/α,β-unsaturated/α-hetero) is 1. The van der Waals surface area contributed by atoms with Crippen LogP contribution in [0.25, 0.3) is 0 Å². The summed E-state index contributed by atoms with van der Waals surface area (Å²) >= 11 is 0. The van der Waals surface area contributed by atoms with E-state index < -0.39 is 49.9 Å². The van der Waals surface area contributed by atoms with Crippen molar-refractivity contribution in [3.05, 3.63) is 63.1 Å². The van der Waals surface area contributed by atoms with E-state index in [4.69, 9.17) is 0 Å². The largest absolute Gasteiger partial charge is 0.503 e. The number of amides is 1. The molecule has 0 saturated heterocycles. The van der Waals surface area contributed by atoms with E-state index in [1.54, 1.807) is 13.8 Å². The van der Waals surface area contributed by atoms with Gasteiger partial charge in [0.2, 0.25) is 5.43 Å². The van der Waals surface area contributed by atoms with Crippen LogP contribution in [0, 0.1) is 17.6 Å². The highest BCUT2D eigenvalue weighted by atomic mass is 32.2. The Bertz CT molecular complexity index is 1400. The zero-order chi connectivity index (χ0) is 25.9. The van der Waals surface area contributed by atoms with Gasteiger partial charge in [-0.2, -0.15) is 0 Å². The number of benzene rings is 1. The molecule has 2 aliphatic rings. The van der Waals surface area contributed by atoms with Crippen LogP contribution in [0.5, 0.6) is 5.75 Å². The Balaban J connectivity index is 1.74. The first-order valence-electron chi connectivity index (χ1n) is 11.2. The zero-order valence-electron chi connectivity index (χ0n) is 19.5. The summed E-state index contributed by atoms with van der Waals surface area (Å²) < 4.78 is 52.4. The summed E-state index contributed by atoms with van der Waals surface area (Å²) in [6.07, 6.45) is 2.33. The molecule has 35 heavy (non-hydrogen) atoms. The van der Waals surface area contributed by atoms with E-state index in [0.717, 1.165) is 12.3 Å². The number of fused-ring (bicyclic) bond motifs is 2. The number of pyridine rings is 1. The molecule has 1 aliphatic carbocycles. The standard InChI is InChI=1S/C24H26F2N2O6S/c1-13(2)27-12-24(9-15(24)11-35(3,33)34)28-10-17(21(30)22(31)20(28)23(27)32)19(29)7-5-14-4-6-16(25)8-18(14)26/h4,6,8,10,13,15,31H,5,7,9,11-12H2,1-3H3. The van der Waals surface area contributed by atoms with Crippen molar-refractivity contribution < 1.29 is 31.9 Å². The second-order valence-electron chi connectivity index (χ2n) is 9.72. The van der Waals surface area contributed by atoms with Gasteiger partial charge in [0.05, 0.1) is 16.9 Å². The molecule has 2 unspecified atom stereocenters. The minimum absolute atomic E-state index is 0.0941. The maximum absolute atomic E-state index is 14.0. The minimum atomic E-state index is -3.35. The van der Waals surface area contributed by atoms with Gasteiger partial charge in [0.25, 0.3) is 5.91 Å². The molecule has 1 N–H and O–H groups in total. The molecule has 4 rings (SSSR count). The van der Waals surface area contributed by atoms with E-state index in [2.05, 4.69) is 0 Å². The van der Waals surface area contributed by atoms with E-state index in [-0.39, 0.29) is 53.9 Å². The fourth-order valence-corrected chi connectivity index (χ4v) is 6.05. The fraction of sp³-hybridized carbons (Fsp3) is 0.458. The Labute approximate surface area is 201 Å². The topological polar surface area (TPSA) is 114 Å². The first-order valence-corrected chi connectivity index (χ1v) is 13.3. The summed E-state index contributed by atoms with van der Waals surface area (Å²) in [7, 11) is -3.35. The molecule has 1 saturated carbocycles. The summed E-state index contributed by atoms with van der Waals surface area (Å²) in [6, 6.07) is 2.70. The van der Waals surface area contributed by atoms with Crippen molar-refractivity contribution in [3.8, 4) is 5.75 Å². The first-order chi connectivity index (χ1) is 16.2. The van der Waals surface area contributed by atoms with Crippen molar-refractivity contribution in [2.24, 2.45) is 5.92 Å². The third kappa shape index (κ3) is 4.49. The SMILES string of the molecule is CC(C)N1CC2(CC2CS(C)(=O)=O)n2cc(C(=O)CCc3ccc(F)cc3F)c(=O)c(O)c2C1=O. The maximum Gasteiger partial charge on any atom is 0.274 e. The highest BCUT2D eigenvalue weighted by Gasteiger charge is 2.61. The molecule has 8 nitrogen and oxygen atoms in total. The normalized spacial score (nSPS) is 21.5. The molecule has 2 atom stereocenters. The first kappa shape index (κ1) is 25.0. The van der Waals surface area contributed by atoms with Crippen molar-refractivity contribution in [2.75, 3.05) is 18.6 Å². The van der Waals surface area contributed by atoms with Crippen LogP contribution < -0.4 is 5.43 Å².